The molecule has 1 aliphatic heterocycles. The largest absolute Gasteiger partial charge is 0.326 e. The lowest BCUT2D eigenvalue weighted by atomic mass is 10.1. The number of rotatable bonds is 3. The predicted octanol–water partition coefficient (Wildman–Crippen LogP) is 3.75. The number of hydrogen-bond donors (Lipinski definition) is 1. The highest BCUT2D eigenvalue weighted by molar-refractivity contribution is 9.10. The number of anilines is 2. The van der Waals surface area contributed by atoms with Gasteiger partial charge in [0.15, 0.2) is 0 Å². The van der Waals surface area contributed by atoms with Gasteiger partial charge in [-0.1, -0.05) is 33.6 Å². The minimum absolute atomic E-state index is 0.0172. The molecule has 1 N–H and O–H groups in total. The monoisotopic (exact) mass is 372 g/mol. The molecule has 0 bridgehead atoms. The van der Waals surface area contributed by atoms with Gasteiger partial charge in [-0.3, -0.25) is 9.59 Å². The van der Waals surface area contributed by atoms with Crippen LogP contribution in [0, 0.1) is 12.8 Å². The molecule has 0 spiro atoms. The van der Waals surface area contributed by atoms with Crippen LogP contribution in [0.5, 0.6) is 0 Å². The molecule has 3 rings (SSSR count). The zero-order chi connectivity index (χ0) is 16.4. The number of aryl methyl sites for hydroxylation is 1. The molecule has 5 heteroatoms. The summed E-state index contributed by atoms with van der Waals surface area (Å²) in [5.41, 5.74) is 2.72. The number of nitrogens with zero attached hydrogens (tertiary/aromatic N) is 1. The maximum Gasteiger partial charge on any atom is 0.229 e. The molecule has 1 heterocycles. The van der Waals surface area contributed by atoms with Gasteiger partial charge in [0.05, 0.1) is 5.92 Å². The van der Waals surface area contributed by atoms with Crippen LogP contribution in [0.15, 0.2) is 53.0 Å². The Morgan fingerprint density at radius 2 is 1.78 bits per heavy atom. The molecular weight excluding hydrogens is 356 g/mol. The van der Waals surface area contributed by atoms with Gasteiger partial charge < -0.3 is 10.2 Å². The summed E-state index contributed by atoms with van der Waals surface area (Å²) in [5, 5.41) is 2.89. The molecule has 1 atom stereocenters. The summed E-state index contributed by atoms with van der Waals surface area (Å²) in [4.78, 5) is 26.3. The highest BCUT2D eigenvalue weighted by Crippen LogP contribution is 2.27. The van der Waals surface area contributed by atoms with Crippen molar-refractivity contribution in [2.24, 2.45) is 5.92 Å². The molecule has 2 amide bonds. The van der Waals surface area contributed by atoms with Gasteiger partial charge in [-0.25, -0.2) is 0 Å². The van der Waals surface area contributed by atoms with Gasteiger partial charge in [0.1, 0.15) is 0 Å². The van der Waals surface area contributed by atoms with Crippen molar-refractivity contribution in [3.05, 3.63) is 58.6 Å². The molecule has 0 saturated carbocycles. The van der Waals surface area contributed by atoms with Gasteiger partial charge in [-0.05, 0) is 43.3 Å². The number of carbonyl (C=O) groups is 2. The zero-order valence-electron chi connectivity index (χ0n) is 12.8. The fourth-order valence-electron chi connectivity index (χ4n) is 2.63. The molecule has 2 aromatic rings. The Morgan fingerprint density at radius 3 is 2.43 bits per heavy atom. The molecule has 0 radical (unpaired) electrons. The normalized spacial score (nSPS) is 17.4. The maximum absolute atomic E-state index is 12.4. The van der Waals surface area contributed by atoms with Crippen molar-refractivity contribution in [1.82, 2.24) is 0 Å². The highest BCUT2D eigenvalue weighted by atomic mass is 79.9. The van der Waals surface area contributed by atoms with Gasteiger partial charge >= 0.3 is 0 Å². The standard InChI is InChI=1S/C18H17BrN2O2/c1-12-2-6-15(7-3-12)20-18(23)13-10-17(22)21(11-13)16-8-4-14(19)5-9-16/h2-9,13H,10-11H2,1H3,(H,20,23)/t13-/m0/s1. The van der Waals surface area contributed by atoms with E-state index in [9.17, 15) is 9.59 Å². The molecular formula is C18H17BrN2O2. The third kappa shape index (κ3) is 3.62. The van der Waals surface area contributed by atoms with Crippen molar-refractivity contribution >= 4 is 39.1 Å². The lowest BCUT2D eigenvalue weighted by molar-refractivity contribution is -0.122. The molecule has 0 aliphatic carbocycles. The zero-order valence-corrected chi connectivity index (χ0v) is 14.3. The van der Waals surface area contributed by atoms with Gasteiger partial charge in [-0.2, -0.15) is 0 Å². The summed E-state index contributed by atoms with van der Waals surface area (Å²) >= 11 is 3.38. The number of hydrogen-bond acceptors (Lipinski definition) is 2. The van der Waals surface area contributed by atoms with Crippen LogP contribution >= 0.6 is 15.9 Å². The minimum Gasteiger partial charge on any atom is -0.326 e. The third-order valence-corrected chi connectivity index (χ3v) is 4.48. The van der Waals surface area contributed by atoms with Crippen molar-refractivity contribution in [3.63, 3.8) is 0 Å². The minimum atomic E-state index is -0.326. The van der Waals surface area contributed by atoms with E-state index >= 15 is 0 Å². The Labute approximate surface area is 143 Å². The molecule has 2 aromatic carbocycles. The summed E-state index contributed by atoms with van der Waals surface area (Å²) < 4.78 is 0.960. The smallest absolute Gasteiger partial charge is 0.229 e. The topological polar surface area (TPSA) is 49.4 Å². The number of benzene rings is 2. The average molecular weight is 373 g/mol. The van der Waals surface area contributed by atoms with E-state index in [0.717, 1.165) is 21.4 Å². The Bertz CT molecular complexity index is 726. The van der Waals surface area contributed by atoms with Crippen molar-refractivity contribution in [3.8, 4) is 0 Å². The fraction of sp³-hybridized carbons (Fsp3) is 0.222. The Kier molecular flexibility index (Phi) is 4.48. The van der Waals surface area contributed by atoms with E-state index in [1.54, 1.807) is 4.90 Å². The molecule has 0 aromatic heterocycles. The van der Waals surface area contributed by atoms with Gasteiger partial charge in [0.2, 0.25) is 11.8 Å². The number of carbonyl (C=O) groups excluding carboxylic acids is 2. The van der Waals surface area contributed by atoms with Crippen LogP contribution in [0.3, 0.4) is 0 Å². The summed E-state index contributed by atoms with van der Waals surface area (Å²) in [5.74, 6) is -0.453. The summed E-state index contributed by atoms with van der Waals surface area (Å²) in [6.07, 6.45) is 0.244. The number of halogens is 1. The average Bonchev–Trinajstić information content (AvgIpc) is 2.92. The van der Waals surface area contributed by atoms with E-state index in [4.69, 9.17) is 0 Å². The van der Waals surface area contributed by atoms with E-state index in [1.165, 1.54) is 0 Å². The van der Waals surface area contributed by atoms with Crippen molar-refractivity contribution in [2.45, 2.75) is 13.3 Å². The molecule has 0 unspecified atom stereocenters. The predicted molar refractivity (Wildman–Crippen MR) is 94.4 cm³/mol. The van der Waals surface area contributed by atoms with E-state index in [-0.39, 0.29) is 24.2 Å². The highest BCUT2D eigenvalue weighted by Gasteiger charge is 2.35. The van der Waals surface area contributed by atoms with Crippen LogP contribution in [0.1, 0.15) is 12.0 Å². The second kappa shape index (κ2) is 6.54. The van der Waals surface area contributed by atoms with Crippen LogP contribution in [0.4, 0.5) is 11.4 Å². The van der Waals surface area contributed by atoms with Gasteiger partial charge in [0.25, 0.3) is 0 Å². The van der Waals surface area contributed by atoms with Gasteiger partial charge in [0, 0.05) is 28.8 Å². The maximum atomic E-state index is 12.4. The van der Waals surface area contributed by atoms with Crippen LogP contribution in [-0.4, -0.2) is 18.4 Å². The van der Waals surface area contributed by atoms with Crippen molar-refractivity contribution < 1.29 is 9.59 Å². The first-order chi connectivity index (χ1) is 11.0. The SMILES string of the molecule is Cc1ccc(NC(=O)[C@H]2CC(=O)N(c3ccc(Br)cc3)C2)cc1. The van der Waals surface area contributed by atoms with E-state index in [1.807, 2.05) is 55.5 Å². The van der Waals surface area contributed by atoms with E-state index in [0.29, 0.717) is 6.54 Å². The van der Waals surface area contributed by atoms with E-state index < -0.39 is 0 Å². The fourth-order valence-corrected chi connectivity index (χ4v) is 2.90. The first kappa shape index (κ1) is 15.7. The Hall–Kier alpha value is -2.14. The molecule has 1 fully saturated rings. The molecule has 1 saturated heterocycles. The summed E-state index contributed by atoms with van der Waals surface area (Å²) in [7, 11) is 0. The molecule has 4 nitrogen and oxygen atoms in total. The Morgan fingerprint density at radius 1 is 1.13 bits per heavy atom. The lowest BCUT2D eigenvalue weighted by Crippen LogP contribution is -2.28. The first-order valence-corrected chi connectivity index (χ1v) is 8.26. The van der Waals surface area contributed by atoms with Crippen LogP contribution in [0.25, 0.3) is 0 Å². The molecule has 23 heavy (non-hydrogen) atoms. The number of amides is 2. The lowest BCUT2D eigenvalue weighted by Gasteiger charge is -2.16. The molecule has 1 aliphatic rings. The first-order valence-electron chi connectivity index (χ1n) is 7.46. The quantitative estimate of drug-likeness (QED) is 0.891. The third-order valence-electron chi connectivity index (χ3n) is 3.95. The van der Waals surface area contributed by atoms with Crippen LogP contribution in [-0.2, 0) is 9.59 Å². The number of nitrogens with one attached hydrogen (secondary N) is 1. The van der Waals surface area contributed by atoms with Crippen LogP contribution < -0.4 is 10.2 Å². The van der Waals surface area contributed by atoms with Crippen molar-refractivity contribution in [2.75, 3.05) is 16.8 Å². The summed E-state index contributed by atoms with van der Waals surface area (Å²) in [6.45, 7) is 2.41. The van der Waals surface area contributed by atoms with Crippen LogP contribution in [0.2, 0.25) is 0 Å². The van der Waals surface area contributed by atoms with E-state index in [2.05, 4.69) is 21.2 Å². The Balaban J connectivity index is 1.68. The van der Waals surface area contributed by atoms with Crippen molar-refractivity contribution in [1.29, 1.82) is 0 Å². The van der Waals surface area contributed by atoms with Gasteiger partial charge in [-0.15, -0.1) is 0 Å². The molecule has 118 valence electrons. The summed E-state index contributed by atoms with van der Waals surface area (Å²) in [6, 6.07) is 15.2. The second-order valence-corrected chi connectivity index (χ2v) is 6.65. The second-order valence-electron chi connectivity index (χ2n) is 5.74.